The first-order valence-electron chi connectivity index (χ1n) is 6.89. The van der Waals surface area contributed by atoms with Gasteiger partial charge in [-0.05, 0) is 26.1 Å². The number of likely N-dealkylation sites (N-methyl/N-ethyl adjacent to an activating group) is 1. The van der Waals surface area contributed by atoms with Gasteiger partial charge in [0.25, 0.3) is 5.91 Å². The van der Waals surface area contributed by atoms with E-state index in [0.717, 1.165) is 19.6 Å². The molecule has 1 fully saturated rings. The molecule has 1 saturated heterocycles. The Balaban J connectivity index is 1.82. The second-order valence-corrected chi connectivity index (χ2v) is 5.22. The lowest BCUT2D eigenvalue weighted by Crippen LogP contribution is -2.53. The molecule has 5 nitrogen and oxygen atoms in total. The van der Waals surface area contributed by atoms with Crippen LogP contribution in [0.25, 0.3) is 0 Å². The van der Waals surface area contributed by atoms with Crippen LogP contribution in [0.1, 0.15) is 17.3 Å². The van der Waals surface area contributed by atoms with Crippen molar-refractivity contribution in [3.8, 4) is 0 Å². The maximum atomic E-state index is 12.1. The van der Waals surface area contributed by atoms with E-state index in [4.69, 9.17) is 0 Å². The van der Waals surface area contributed by atoms with Gasteiger partial charge in [-0.3, -0.25) is 9.59 Å². The minimum absolute atomic E-state index is 0.0192. The molecule has 2 rings (SSSR count). The molecule has 0 radical (unpaired) electrons. The van der Waals surface area contributed by atoms with Crippen molar-refractivity contribution in [1.82, 2.24) is 15.1 Å². The molecular formula is C15H21N3O2. The van der Waals surface area contributed by atoms with E-state index < -0.39 is 0 Å². The van der Waals surface area contributed by atoms with Crippen LogP contribution in [0, 0.1) is 0 Å². The van der Waals surface area contributed by atoms with Crippen LogP contribution in [0.5, 0.6) is 0 Å². The molecule has 1 atom stereocenters. The van der Waals surface area contributed by atoms with Gasteiger partial charge >= 0.3 is 0 Å². The SMILES string of the molecule is CC1CN(C(=O)CNC(=O)c2ccccc2)CCN1C. The summed E-state index contributed by atoms with van der Waals surface area (Å²) in [6.45, 7) is 4.48. The maximum absolute atomic E-state index is 12.1. The molecule has 1 N–H and O–H groups in total. The summed E-state index contributed by atoms with van der Waals surface area (Å²) < 4.78 is 0. The number of amides is 2. The van der Waals surface area contributed by atoms with Crippen molar-refractivity contribution in [2.24, 2.45) is 0 Å². The van der Waals surface area contributed by atoms with Crippen LogP contribution in [0.4, 0.5) is 0 Å². The van der Waals surface area contributed by atoms with Crippen LogP contribution in [-0.2, 0) is 4.79 Å². The van der Waals surface area contributed by atoms with Gasteiger partial charge in [0.2, 0.25) is 5.91 Å². The van der Waals surface area contributed by atoms with E-state index in [1.54, 1.807) is 24.3 Å². The van der Waals surface area contributed by atoms with Crippen LogP contribution in [0.15, 0.2) is 30.3 Å². The number of nitrogens with zero attached hydrogens (tertiary/aromatic N) is 2. The number of carbonyl (C=O) groups excluding carboxylic acids is 2. The fourth-order valence-corrected chi connectivity index (χ4v) is 2.23. The highest BCUT2D eigenvalue weighted by atomic mass is 16.2. The van der Waals surface area contributed by atoms with Crippen LogP contribution in [-0.4, -0.2) is 60.9 Å². The van der Waals surface area contributed by atoms with Crippen LogP contribution in [0.3, 0.4) is 0 Å². The number of hydrogen-bond acceptors (Lipinski definition) is 3. The molecule has 0 spiro atoms. The molecule has 1 aromatic rings. The molecule has 1 unspecified atom stereocenters. The monoisotopic (exact) mass is 275 g/mol. The summed E-state index contributed by atoms with van der Waals surface area (Å²) in [6, 6.07) is 9.29. The van der Waals surface area contributed by atoms with Crippen molar-refractivity contribution in [1.29, 1.82) is 0 Å². The average Bonchev–Trinajstić information content (AvgIpc) is 2.48. The topological polar surface area (TPSA) is 52.7 Å². The summed E-state index contributed by atoms with van der Waals surface area (Å²) in [5, 5.41) is 2.68. The third-order valence-corrected chi connectivity index (χ3v) is 3.75. The quantitative estimate of drug-likeness (QED) is 0.878. The normalized spacial score (nSPS) is 19.7. The number of carbonyl (C=O) groups is 2. The van der Waals surface area contributed by atoms with Gasteiger partial charge in [0.15, 0.2) is 0 Å². The van der Waals surface area contributed by atoms with Crippen LogP contribution >= 0.6 is 0 Å². The lowest BCUT2D eigenvalue weighted by Gasteiger charge is -2.37. The zero-order chi connectivity index (χ0) is 14.5. The van der Waals surface area contributed by atoms with Crippen molar-refractivity contribution in [3.05, 3.63) is 35.9 Å². The minimum Gasteiger partial charge on any atom is -0.343 e. The van der Waals surface area contributed by atoms with Gasteiger partial charge < -0.3 is 15.1 Å². The lowest BCUT2D eigenvalue weighted by molar-refractivity contribution is -0.132. The molecule has 108 valence electrons. The van der Waals surface area contributed by atoms with Gasteiger partial charge in [-0.1, -0.05) is 18.2 Å². The zero-order valence-corrected chi connectivity index (χ0v) is 12.0. The Bertz CT molecular complexity index is 475. The minimum atomic E-state index is -0.207. The standard InChI is InChI=1S/C15H21N3O2/c1-12-11-18(9-8-17(12)2)14(19)10-16-15(20)13-6-4-3-5-7-13/h3-7,12H,8-11H2,1-2H3,(H,16,20). The van der Waals surface area contributed by atoms with Crippen molar-refractivity contribution in [2.45, 2.75) is 13.0 Å². The smallest absolute Gasteiger partial charge is 0.251 e. The van der Waals surface area contributed by atoms with Crippen LogP contribution < -0.4 is 5.32 Å². The third kappa shape index (κ3) is 3.57. The Hall–Kier alpha value is -1.88. The summed E-state index contributed by atoms with van der Waals surface area (Å²) in [7, 11) is 2.06. The number of nitrogens with one attached hydrogen (secondary N) is 1. The van der Waals surface area contributed by atoms with E-state index in [-0.39, 0.29) is 18.4 Å². The lowest BCUT2D eigenvalue weighted by atomic mass is 10.2. The van der Waals surface area contributed by atoms with Crippen molar-refractivity contribution < 1.29 is 9.59 Å². The molecular weight excluding hydrogens is 254 g/mol. The molecule has 0 saturated carbocycles. The summed E-state index contributed by atoms with van der Waals surface area (Å²) in [6.07, 6.45) is 0. The summed E-state index contributed by atoms with van der Waals surface area (Å²) >= 11 is 0. The van der Waals surface area contributed by atoms with E-state index in [2.05, 4.69) is 24.2 Å². The van der Waals surface area contributed by atoms with E-state index in [9.17, 15) is 9.59 Å². The summed E-state index contributed by atoms with van der Waals surface area (Å²) in [5.74, 6) is -0.227. The molecule has 1 heterocycles. The maximum Gasteiger partial charge on any atom is 0.251 e. The highest BCUT2D eigenvalue weighted by Gasteiger charge is 2.24. The van der Waals surface area contributed by atoms with Crippen molar-refractivity contribution >= 4 is 11.8 Å². The van der Waals surface area contributed by atoms with Gasteiger partial charge in [0, 0.05) is 31.2 Å². The molecule has 1 aliphatic heterocycles. The summed E-state index contributed by atoms with van der Waals surface area (Å²) in [4.78, 5) is 28.0. The second-order valence-electron chi connectivity index (χ2n) is 5.22. The molecule has 1 aliphatic rings. The molecule has 2 amide bonds. The predicted molar refractivity (Wildman–Crippen MR) is 77.4 cm³/mol. The molecule has 1 aromatic carbocycles. The Morgan fingerprint density at radius 1 is 1.25 bits per heavy atom. The fourth-order valence-electron chi connectivity index (χ4n) is 2.23. The Morgan fingerprint density at radius 2 is 1.95 bits per heavy atom. The van der Waals surface area contributed by atoms with Gasteiger partial charge in [0.05, 0.1) is 6.54 Å². The predicted octanol–water partition coefficient (Wildman–Crippen LogP) is 0.579. The molecule has 0 aromatic heterocycles. The molecule has 5 heteroatoms. The van der Waals surface area contributed by atoms with Crippen LogP contribution in [0.2, 0.25) is 0 Å². The molecule has 0 bridgehead atoms. The third-order valence-electron chi connectivity index (χ3n) is 3.75. The number of hydrogen-bond donors (Lipinski definition) is 1. The Morgan fingerprint density at radius 3 is 2.60 bits per heavy atom. The molecule has 0 aliphatic carbocycles. The highest BCUT2D eigenvalue weighted by Crippen LogP contribution is 2.06. The zero-order valence-electron chi connectivity index (χ0n) is 12.0. The van der Waals surface area contributed by atoms with Gasteiger partial charge in [0.1, 0.15) is 0 Å². The Labute approximate surface area is 119 Å². The van der Waals surface area contributed by atoms with Gasteiger partial charge in [-0.15, -0.1) is 0 Å². The first-order valence-corrected chi connectivity index (χ1v) is 6.89. The molecule has 20 heavy (non-hydrogen) atoms. The summed E-state index contributed by atoms with van der Waals surface area (Å²) in [5.41, 5.74) is 0.576. The largest absolute Gasteiger partial charge is 0.343 e. The number of piperazine rings is 1. The number of benzene rings is 1. The number of rotatable bonds is 3. The van der Waals surface area contributed by atoms with Crippen molar-refractivity contribution in [3.63, 3.8) is 0 Å². The van der Waals surface area contributed by atoms with E-state index in [1.807, 2.05) is 11.0 Å². The average molecular weight is 275 g/mol. The van der Waals surface area contributed by atoms with Crippen molar-refractivity contribution in [2.75, 3.05) is 33.2 Å². The first-order chi connectivity index (χ1) is 9.58. The van der Waals surface area contributed by atoms with E-state index in [0.29, 0.717) is 11.6 Å². The highest BCUT2D eigenvalue weighted by molar-refractivity contribution is 5.96. The van der Waals surface area contributed by atoms with Gasteiger partial charge in [-0.2, -0.15) is 0 Å². The van der Waals surface area contributed by atoms with Gasteiger partial charge in [-0.25, -0.2) is 0 Å². The second kappa shape index (κ2) is 6.52. The van der Waals surface area contributed by atoms with E-state index in [1.165, 1.54) is 0 Å². The first kappa shape index (κ1) is 14.5. The van der Waals surface area contributed by atoms with E-state index >= 15 is 0 Å². The Kier molecular flexibility index (Phi) is 4.74. The fraction of sp³-hybridized carbons (Fsp3) is 0.467.